The highest BCUT2D eigenvalue weighted by molar-refractivity contribution is 5.77. The van der Waals surface area contributed by atoms with Gasteiger partial charge in [-0.2, -0.15) is 0 Å². The molecule has 3 rings (SSSR count). The summed E-state index contributed by atoms with van der Waals surface area (Å²) in [5.41, 5.74) is 2.93. The van der Waals surface area contributed by atoms with Gasteiger partial charge in [-0.1, -0.05) is 44.2 Å². The number of hydrogen-bond donors (Lipinski definition) is 0. The lowest BCUT2D eigenvalue weighted by Crippen LogP contribution is -1.87. The molecule has 0 saturated carbocycles. The van der Waals surface area contributed by atoms with Crippen molar-refractivity contribution in [2.24, 2.45) is 0 Å². The molecule has 0 amide bonds. The molecule has 0 radical (unpaired) electrons. The Morgan fingerprint density at radius 3 is 2.18 bits per heavy atom. The van der Waals surface area contributed by atoms with Crippen LogP contribution in [0.4, 0.5) is 0 Å². The molecule has 1 heterocycles. The van der Waals surface area contributed by atoms with Gasteiger partial charge in [-0.3, -0.25) is 0 Å². The van der Waals surface area contributed by atoms with Gasteiger partial charge in [0.25, 0.3) is 0 Å². The maximum atomic E-state index is 6.03. The number of methoxy groups -OCH3 is 1. The van der Waals surface area contributed by atoms with E-state index in [2.05, 4.69) is 13.8 Å². The largest absolute Gasteiger partial charge is 0.497 e. The van der Waals surface area contributed by atoms with Gasteiger partial charge < -0.3 is 9.15 Å². The van der Waals surface area contributed by atoms with E-state index >= 15 is 0 Å². The lowest BCUT2D eigenvalue weighted by Gasteiger charge is -2.03. The maximum absolute atomic E-state index is 6.03. The Morgan fingerprint density at radius 2 is 1.59 bits per heavy atom. The van der Waals surface area contributed by atoms with Gasteiger partial charge >= 0.3 is 0 Å². The lowest BCUT2D eigenvalue weighted by atomic mass is 10.1. The van der Waals surface area contributed by atoms with Crippen LogP contribution < -0.4 is 4.74 Å². The summed E-state index contributed by atoms with van der Waals surface area (Å²) in [5, 5.41) is 0. The summed E-state index contributed by atoms with van der Waals surface area (Å²) < 4.78 is 11.3. The third-order valence-electron chi connectivity index (χ3n) is 3.54. The van der Waals surface area contributed by atoms with Crippen molar-refractivity contribution >= 4 is 0 Å². The molecular weight excluding hydrogens is 274 g/mol. The van der Waals surface area contributed by atoms with Crippen LogP contribution in [0.3, 0.4) is 0 Å². The quantitative estimate of drug-likeness (QED) is 0.668. The Hall–Kier alpha value is -2.55. The molecule has 2 aromatic carbocycles. The summed E-state index contributed by atoms with van der Waals surface area (Å²) in [7, 11) is 1.66. The summed E-state index contributed by atoms with van der Waals surface area (Å²) in [6.07, 6.45) is 0. The van der Waals surface area contributed by atoms with Crippen LogP contribution in [0.5, 0.6) is 5.75 Å². The number of hydrogen-bond acceptors (Lipinski definition) is 3. The van der Waals surface area contributed by atoms with Gasteiger partial charge in [0.05, 0.1) is 7.11 Å². The van der Waals surface area contributed by atoms with E-state index in [-0.39, 0.29) is 5.92 Å². The summed E-state index contributed by atoms with van der Waals surface area (Å²) in [4.78, 5) is 4.70. The molecule has 0 aliphatic heterocycles. The van der Waals surface area contributed by atoms with Crippen LogP contribution >= 0.6 is 0 Å². The van der Waals surface area contributed by atoms with Crippen LogP contribution in [0, 0.1) is 0 Å². The van der Waals surface area contributed by atoms with Gasteiger partial charge in [-0.15, -0.1) is 0 Å². The standard InChI is InChI=1S/C19H19NO2/c1-13(2)19-20-17(14-9-11-16(21-3)12-10-14)18(22-19)15-7-5-4-6-8-15/h4-13H,1-3H3. The Labute approximate surface area is 130 Å². The average Bonchev–Trinajstić information content (AvgIpc) is 3.01. The zero-order valence-corrected chi connectivity index (χ0v) is 13.0. The van der Waals surface area contributed by atoms with Crippen LogP contribution in [0.25, 0.3) is 22.6 Å². The smallest absolute Gasteiger partial charge is 0.198 e. The molecule has 0 N–H and O–H groups in total. The van der Waals surface area contributed by atoms with Crippen LogP contribution in [-0.2, 0) is 0 Å². The molecule has 3 aromatic rings. The molecule has 0 spiro atoms. The van der Waals surface area contributed by atoms with Crippen molar-refractivity contribution in [1.29, 1.82) is 0 Å². The summed E-state index contributed by atoms with van der Waals surface area (Å²) in [6.45, 7) is 4.16. The first-order valence-corrected chi connectivity index (χ1v) is 7.39. The molecule has 0 aliphatic carbocycles. The van der Waals surface area contributed by atoms with Crippen LogP contribution in [0.2, 0.25) is 0 Å². The molecule has 0 atom stereocenters. The molecule has 3 nitrogen and oxygen atoms in total. The highest BCUT2D eigenvalue weighted by Gasteiger charge is 2.18. The zero-order chi connectivity index (χ0) is 15.5. The van der Waals surface area contributed by atoms with Crippen molar-refractivity contribution in [3.8, 4) is 28.3 Å². The minimum absolute atomic E-state index is 0.245. The van der Waals surface area contributed by atoms with Crippen LogP contribution in [0.15, 0.2) is 59.0 Å². The average molecular weight is 293 g/mol. The van der Waals surface area contributed by atoms with Gasteiger partial charge in [0.15, 0.2) is 11.7 Å². The fraction of sp³-hybridized carbons (Fsp3) is 0.211. The summed E-state index contributed by atoms with van der Waals surface area (Å²) >= 11 is 0. The Morgan fingerprint density at radius 1 is 0.909 bits per heavy atom. The monoisotopic (exact) mass is 293 g/mol. The summed E-state index contributed by atoms with van der Waals surface area (Å²) in [5.74, 6) is 2.64. The highest BCUT2D eigenvalue weighted by Crippen LogP contribution is 2.35. The second-order valence-corrected chi connectivity index (χ2v) is 5.48. The van der Waals surface area contributed by atoms with E-state index in [1.165, 1.54) is 0 Å². The molecule has 22 heavy (non-hydrogen) atoms. The minimum atomic E-state index is 0.245. The first-order chi connectivity index (χ1) is 10.7. The number of oxazole rings is 1. The third kappa shape index (κ3) is 2.75. The van der Waals surface area contributed by atoms with Gasteiger partial charge in [0, 0.05) is 17.0 Å². The van der Waals surface area contributed by atoms with Crippen LogP contribution in [0.1, 0.15) is 25.7 Å². The predicted molar refractivity (Wildman–Crippen MR) is 88.0 cm³/mol. The SMILES string of the molecule is COc1ccc(-c2nc(C(C)C)oc2-c2ccccc2)cc1. The molecule has 1 aromatic heterocycles. The lowest BCUT2D eigenvalue weighted by molar-refractivity contribution is 0.415. The second kappa shape index (κ2) is 6.06. The van der Waals surface area contributed by atoms with E-state index in [0.29, 0.717) is 0 Å². The predicted octanol–water partition coefficient (Wildman–Crippen LogP) is 5.14. The highest BCUT2D eigenvalue weighted by atomic mass is 16.5. The van der Waals surface area contributed by atoms with Crippen LogP contribution in [-0.4, -0.2) is 12.1 Å². The number of ether oxygens (including phenoxy) is 1. The van der Waals surface area contributed by atoms with Crippen molar-refractivity contribution < 1.29 is 9.15 Å². The first kappa shape index (κ1) is 14.4. The Bertz CT molecular complexity index is 743. The topological polar surface area (TPSA) is 35.3 Å². The molecule has 0 aliphatic rings. The van der Waals surface area contributed by atoms with Crippen molar-refractivity contribution in [2.75, 3.05) is 7.11 Å². The Balaban J connectivity index is 2.12. The molecule has 0 fully saturated rings. The van der Waals surface area contributed by atoms with E-state index < -0.39 is 0 Å². The van der Waals surface area contributed by atoms with E-state index in [0.717, 1.165) is 34.2 Å². The van der Waals surface area contributed by atoms with Gasteiger partial charge in [-0.25, -0.2) is 4.98 Å². The molecule has 3 heteroatoms. The fourth-order valence-electron chi connectivity index (χ4n) is 2.31. The second-order valence-electron chi connectivity index (χ2n) is 5.48. The van der Waals surface area contributed by atoms with Crippen molar-refractivity contribution in [2.45, 2.75) is 19.8 Å². The zero-order valence-electron chi connectivity index (χ0n) is 13.0. The maximum Gasteiger partial charge on any atom is 0.198 e. The third-order valence-corrected chi connectivity index (χ3v) is 3.54. The van der Waals surface area contributed by atoms with Gasteiger partial charge in [-0.05, 0) is 24.3 Å². The van der Waals surface area contributed by atoms with E-state index in [1.54, 1.807) is 7.11 Å². The Kier molecular flexibility index (Phi) is 3.96. The summed E-state index contributed by atoms with van der Waals surface area (Å²) in [6, 6.07) is 18.0. The van der Waals surface area contributed by atoms with E-state index in [1.807, 2.05) is 54.6 Å². The normalized spacial score (nSPS) is 10.9. The molecule has 112 valence electrons. The number of aromatic nitrogens is 1. The van der Waals surface area contributed by atoms with Crippen molar-refractivity contribution in [1.82, 2.24) is 4.98 Å². The van der Waals surface area contributed by atoms with E-state index in [4.69, 9.17) is 14.1 Å². The number of benzene rings is 2. The van der Waals surface area contributed by atoms with E-state index in [9.17, 15) is 0 Å². The number of nitrogens with zero attached hydrogens (tertiary/aromatic N) is 1. The fourth-order valence-corrected chi connectivity index (χ4v) is 2.31. The van der Waals surface area contributed by atoms with Gasteiger partial charge in [0.2, 0.25) is 0 Å². The number of rotatable bonds is 4. The van der Waals surface area contributed by atoms with Crippen molar-refractivity contribution in [3.05, 3.63) is 60.5 Å². The molecule has 0 unspecified atom stereocenters. The first-order valence-electron chi connectivity index (χ1n) is 7.39. The molecule has 0 bridgehead atoms. The van der Waals surface area contributed by atoms with Gasteiger partial charge in [0.1, 0.15) is 11.4 Å². The molecule has 0 saturated heterocycles. The molecular formula is C19H19NO2. The minimum Gasteiger partial charge on any atom is -0.497 e. The van der Waals surface area contributed by atoms with Crippen molar-refractivity contribution in [3.63, 3.8) is 0 Å².